The van der Waals surface area contributed by atoms with E-state index in [4.69, 9.17) is 17.3 Å². The van der Waals surface area contributed by atoms with Crippen LogP contribution in [0.1, 0.15) is 18.3 Å². The average molecular weight is 311 g/mol. The molecule has 2 N–H and O–H groups in total. The Morgan fingerprint density at radius 1 is 1.35 bits per heavy atom. The Morgan fingerprint density at radius 3 is 2.65 bits per heavy atom. The SMILES string of the molecule is CCn1c(Cc2ccc(Cl)cc2)nnc1SCC(N)=O. The van der Waals surface area contributed by atoms with Crippen LogP contribution < -0.4 is 5.73 Å². The van der Waals surface area contributed by atoms with Crippen LogP contribution in [0.3, 0.4) is 0 Å². The van der Waals surface area contributed by atoms with Crippen molar-refractivity contribution in [3.8, 4) is 0 Å². The molecule has 106 valence electrons. The minimum Gasteiger partial charge on any atom is -0.369 e. The van der Waals surface area contributed by atoms with Gasteiger partial charge in [0.25, 0.3) is 0 Å². The Bertz CT molecular complexity index is 597. The topological polar surface area (TPSA) is 73.8 Å². The first-order chi connectivity index (χ1) is 9.60. The Kier molecular flexibility index (Phi) is 5.03. The number of hydrogen-bond donors (Lipinski definition) is 1. The van der Waals surface area contributed by atoms with Crippen LogP contribution in [0.4, 0.5) is 0 Å². The molecule has 1 aromatic heterocycles. The van der Waals surface area contributed by atoms with Crippen molar-refractivity contribution < 1.29 is 4.79 Å². The lowest BCUT2D eigenvalue weighted by molar-refractivity contribution is -0.115. The van der Waals surface area contributed by atoms with Crippen LogP contribution in [0, 0.1) is 0 Å². The number of thioether (sulfide) groups is 1. The number of nitrogens with zero attached hydrogens (tertiary/aromatic N) is 3. The molecule has 7 heteroatoms. The summed E-state index contributed by atoms with van der Waals surface area (Å²) in [6.45, 7) is 2.76. The van der Waals surface area contributed by atoms with Crippen molar-refractivity contribution >= 4 is 29.3 Å². The van der Waals surface area contributed by atoms with Gasteiger partial charge in [0, 0.05) is 18.0 Å². The Labute approximate surface area is 126 Å². The third kappa shape index (κ3) is 3.74. The Morgan fingerprint density at radius 2 is 2.05 bits per heavy atom. The summed E-state index contributed by atoms with van der Waals surface area (Å²) in [5.74, 6) is 0.709. The van der Waals surface area contributed by atoms with Gasteiger partial charge < -0.3 is 10.3 Å². The van der Waals surface area contributed by atoms with Crippen LogP contribution in [-0.4, -0.2) is 26.4 Å². The zero-order chi connectivity index (χ0) is 14.5. The van der Waals surface area contributed by atoms with Gasteiger partial charge in [0.15, 0.2) is 5.16 Å². The van der Waals surface area contributed by atoms with Gasteiger partial charge in [-0.1, -0.05) is 35.5 Å². The third-order valence-electron chi connectivity index (χ3n) is 2.73. The van der Waals surface area contributed by atoms with E-state index in [1.807, 2.05) is 35.8 Å². The normalized spacial score (nSPS) is 10.7. The van der Waals surface area contributed by atoms with Crippen LogP contribution in [0.25, 0.3) is 0 Å². The second kappa shape index (κ2) is 6.76. The number of primary amides is 1. The van der Waals surface area contributed by atoms with Crippen molar-refractivity contribution in [2.45, 2.75) is 25.0 Å². The van der Waals surface area contributed by atoms with Crippen LogP contribution in [0.2, 0.25) is 5.02 Å². The van der Waals surface area contributed by atoms with Gasteiger partial charge in [-0.3, -0.25) is 4.79 Å². The van der Waals surface area contributed by atoms with Crippen molar-refractivity contribution in [1.82, 2.24) is 14.8 Å². The fraction of sp³-hybridized carbons (Fsp3) is 0.308. The maximum atomic E-state index is 10.8. The average Bonchev–Trinajstić information content (AvgIpc) is 2.81. The molecule has 0 atom stereocenters. The number of benzene rings is 1. The van der Waals surface area contributed by atoms with Crippen LogP contribution >= 0.6 is 23.4 Å². The maximum absolute atomic E-state index is 10.8. The van der Waals surface area contributed by atoms with Gasteiger partial charge in [-0.2, -0.15) is 0 Å². The molecule has 0 aliphatic carbocycles. The highest BCUT2D eigenvalue weighted by molar-refractivity contribution is 7.99. The molecule has 2 aromatic rings. The molecule has 1 aromatic carbocycles. The van der Waals surface area contributed by atoms with E-state index in [1.165, 1.54) is 11.8 Å². The highest BCUT2D eigenvalue weighted by Gasteiger charge is 2.12. The van der Waals surface area contributed by atoms with E-state index in [0.717, 1.165) is 23.1 Å². The van der Waals surface area contributed by atoms with Crippen LogP contribution in [0.5, 0.6) is 0 Å². The lowest BCUT2D eigenvalue weighted by atomic mass is 10.1. The highest BCUT2D eigenvalue weighted by atomic mass is 35.5. The standard InChI is InChI=1S/C13H15ClN4OS/c1-2-18-12(7-9-3-5-10(14)6-4-9)16-17-13(18)20-8-11(15)19/h3-6H,2,7-8H2,1H3,(H2,15,19). The van der Waals surface area contributed by atoms with Crippen molar-refractivity contribution in [3.63, 3.8) is 0 Å². The van der Waals surface area contributed by atoms with E-state index >= 15 is 0 Å². The molecule has 0 saturated heterocycles. The van der Waals surface area contributed by atoms with Gasteiger partial charge in [0.05, 0.1) is 5.75 Å². The number of aromatic nitrogens is 3. The molecule has 0 aliphatic heterocycles. The Hall–Kier alpha value is -1.53. The van der Waals surface area contributed by atoms with E-state index in [1.54, 1.807) is 0 Å². The number of carbonyl (C=O) groups excluding carboxylic acids is 1. The fourth-order valence-corrected chi connectivity index (χ4v) is 2.68. The quantitative estimate of drug-likeness (QED) is 0.829. The molecule has 1 amide bonds. The Balaban J connectivity index is 2.15. The largest absolute Gasteiger partial charge is 0.369 e. The summed E-state index contributed by atoms with van der Waals surface area (Å²) in [6.07, 6.45) is 0.676. The molecule has 0 saturated carbocycles. The molecule has 0 aliphatic rings. The highest BCUT2D eigenvalue weighted by Crippen LogP contribution is 2.19. The van der Waals surface area contributed by atoms with Crippen LogP contribution in [0.15, 0.2) is 29.4 Å². The number of carbonyl (C=O) groups is 1. The fourth-order valence-electron chi connectivity index (χ4n) is 1.79. The molecule has 0 unspecified atom stereocenters. The summed E-state index contributed by atoms with van der Waals surface area (Å²) in [4.78, 5) is 10.8. The molecule has 5 nitrogen and oxygen atoms in total. The van der Waals surface area contributed by atoms with Gasteiger partial charge in [-0.25, -0.2) is 0 Å². The minimum atomic E-state index is -0.361. The first-order valence-electron chi connectivity index (χ1n) is 6.17. The van der Waals surface area contributed by atoms with Crippen molar-refractivity contribution in [2.24, 2.45) is 5.73 Å². The van der Waals surface area contributed by atoms with E-state index in [-0.39, 0.29) is 11.7 Å². The van der Waals surface area contributed by atoms with E-state index in [2.05, 4.69) is 10.2 Å². The predicted molar refractivity (Wildman–Crippen MR) is 79.9 cm³/mol. The van der Waals surface area contributed by atoms with E-state index in [0.29, 0.717) is 11.4 Å². The second-order valence-electron chi connectivity index (χ2n) is 4.20. The molecular weight excluding hydrogens is 296 g/mol. The molecule has 0 radical (unpaired) electrons. The molecule has 0 fully saturated rings. The summed E-state index contributed by atoms with van der Waals surface area (Å²) in [5, 5.41) is 9.73. The van der Waals surface area contributed by atoms with Crippen molar-refractivity contribution in [1.29, 1.82) is 0 Å². The summed E-state index contributed by atoms with van der Waals surface area (Å²) in [7, 11) is 0. The van der Waals surface area contributed by atoms with Gasteiger partial charge >= 0.3 is 0 Å². The molecule has 0 bridgehead atoms. The monoisotopic (exact) mass is 310 g/mol. The lowest BCUT2D eigenvalue weighted by Gasteiger charge is -2.06. The zero-order valence-electron chi connectivity index (χ0n) is 11.0. The minimum absolute atomic E-state index is 0.207. The maximum Gasteiger partial charge on any atom is 0.227 e. The van der Waals surface area contributed by atoms with Gasteiger partial charge in [-0.05, 0) is 24.6 Å². The van der Waals surface area contributed by atoms with E-state index < -0.39 is 0 Å². The van der Waals surface area contributed by atoms with Gasteiger partial charge in [0.2, 0.25) is 5.91 Å². The van der Waals surface area contributed by atoms with Gasteiger partial charge in [-0.15, -0.1) is 10.2 Å². The number of nitrogens with two attached hydrogens (primary N) is 1. The van der Waals surface area contributed by atoms with Crippen LogP contribution in [-0.2, 0) is 17.8 Å². The third-order valence-corrected chi connectivity index (χ3v) is 3.97. The lowest BCUT2D eigenvalue weighted by Crippen LogP contribution is -2.14. The molecule has 0 spiro atoms. The number of rotatable bonds is 6. The summed E-state index contributed by atoms with van der Waals surface area (Å²) < 4.78 is 1.99. The molecular formula is C13H15ClN4OS. The molecule has 2 rings (SSSR count). The van der Waals surface area contributed by atoms with Gasteiger partial charge in [0.1, 0.15) is 5.82 Å². The summed E-state index contributed by atoms with van der Waals surface area (Å²) in [5.41, 5.74) is 6.26. The number of amides is 1. The smallest absolute Gasteiger partial charge is 0.227 e. The van der Waals surface area contributed by atoms with Crippen molar-refractivity contribution in [2.75, 3.05) is 5.75 Å². The number of halogens is 1. The molecule has 20 heavy (non-hydrogen) atoms. The number of hydrogen-bond acceptors (Lipinski definition) is 4. The predicted octanol–water partition coefficient (Wildman–Crippen LogP) is 2.12. The first-order valence-corrected chi connectivity index (χ1v) is 7.54. The summed E-state index contributed by atoms with van der Waals surface area (Å²) in [6, 6.07) is 7.64. The second-order valence-corrected chi connectivity index (χ2v) is 5.58. The van der Waals surface area contributed by atoms with Crippen molar-refractivity contribution in [3.05, 3.63) is 40.7 Å². The molecule has 1 heterocycles. The summed E-state index contributed by atoms with van der Waals surface area (Å²) >= 11 is 7.18. The van der Waals surface area contributed by atoms with E-state index in [9.17, 15) is 4.79 Å². The zero-order valence-corrected chi connectivity index (χ0v) is 12.6. The first kappa shape index (κ1) is 14.9.